The van der Waals surface area contributed by atoms with E-state index in [1.54, 1.807) is 37.3 Å². The van der Waals surface area contributed by atoms with E-state index in [0.717, 1.165) is 38.5 Å². The first-order valence-corrected chi connectivity index (χ1v) is 11.4. The van der Waals surface area contributed by atoms with Crippen LogP contribution >= 0.6 is 0 Å². The zero-order valence-electron chi connectivity index (χ0n) is 18.3. The van der Waals surface area contributed by atoms with Crippen LogP contribution in [0.1, 0.15) is 48.9 Å². The molecule has 3 atom stereocenters. The molecule has 5 aliphatic rings. The molecule has 5 fully saturated rings. The Hall–Kier alpha value is -2.35. The average Bonchev–Trinajstić information content (AvgIpc) is 3.18. The second kappa shape index (κ2) is 7.65. The van der Waals surface area contributed by atoms with Gasteiger partial charge in [0.15, 0.2) is 0 Å². The summed E-state index contributed by atoms with van der Waals surface area (Å²) in [6.45, 7) is 1.15. The minimum absolute atomic E-state index is 0.0235. The van der Waals surface area contributed by atoms with Crippen LogP contribution in [0.4, 0.5) is 10.6 Å². The van der Waals surface area contributed by atoms with Gasteiger partial charge in [-0.15, -0.1) is 0 Å². The van der Waals surface area contributed by atoms with Crippen LogP contribution < -0.4 is 5.32 Å². The Bertz CT molecular complexity index is 859. The molecule has 2 unspecified atom stereocenters. The number of likely N-dealkylation sites (tertiary alicyclic amines) is 1. The summed E-state index contributed by atoms with van der Waals surface area (Å²) >= 11 is 0. The minimum Gasteiger partial charge on any atom is -0.446 e. The summed E-state index contributed by atoms with van der Waals surface area (Å²) in [4.78, 5) is 33.0. The van der Waals surface area contributed by atoms with Crippen molar-refractivity contribution < 1.29 is 19.4 Å². The summed E-state index contributed by atoms with van der Waals surface area (Å²) in [5.41, 5.74) is 0.00645. The van der Waals surface area contributed by atoms with Gasteiger partial charge in [-0.3, -0.25) is 4.79 Å². The molecule has 31 heavy (non-hydrogen) atoms. The number of aromatic nitrogens is 1. The lowest BCUT2D eigenvalue weighted by Crippen LogP contribution is -2.58. The van der Waals surface area contributed by atoms with Crippen LogP contribution in [-0.2, 0) is 4.74 Å². The quantitative estimate of drug-likeness (QED) is 0.764. The molecule has 0 aromatic carbocycles. The van der Waals surface area contributed by atoms with Crippen LogP contribution in [0.15, 0.2) is 18.3 Å². The molecule has 4 bridgehead atoms. The highest BCUT2D eigenvalue weighted by Crippen LogP contribution is 2.56. The highest BCUT2D eigenvalue weighted by Gasteiger charge is 2.56. The van der Waals surface area contributed by atoms with E-state index in [4.69, 9.17) is 4.74 Å². The Kier molecular flexibility index (Phi) is 5.07. The Labute approximate surface area is 182 Å². The molecule has 8 nitrogen and oxygen atoms in total. The van der Waals surface area contributed by atoms with Gasteiger partial charge < -0.3 is 25.0 Å². The maximum absolute atomic E-state index is 12.9. The third-order valence-electron chi connectivity index (χ3n) is 7.62. The number of nitrogens with zero attached hydrogens (tertiary/aromatic N) is 3. The molecule has 0 radical (unpaired) electrons. The van der Waals surface area contributed by atoms with Crippen molar-refractivity contribution in [2.45, 2.75) is 56.3 Å². The second-order valence-electron chi connectivity index (χ2n) is 10.2. The number of amides is 2. The average molecular weight is 429 g/mol. The number of nitrogens with one attached hydrogen (secondary N) is 1. The number of rotatable bonds is 4. The molecule has 8 heteroatoms. The number of ether oxygens (including phenoxy) is 1. The highest BCUT2D eigenvalue weighted by atomic mass is 16.6. The van der Waals surface area contributed by atoms with E-state index in [0.29, 0.717) is 42.2 Å². The number of aliphatic hydroxyl groups is 1. The first-order chi connectivity index (χ1) is 14.8. The summed E-state index contributed by atoms with van der Waals surface area (Å²) in [7, 11) is 3.43. The number of pyridine rings is 1. The lowest BCUT2D eigenvalue weighted by Gasteiger charge is -2.57. The second-order valence-corrected chi connectivity index (χ2v) is 10.2. The van der Waals surface area contributed by atoms with Crippen LogP contribution in [0.5, 0.6) is 0 Å². The van der Waals surface area contributed by atoms with Gasteiger partial charge in [-0.25, -0.2) is 9.78 Å². The lowest BCUT2D eigenvalue weighted by atomic mass is 9.53. The van der Waals surface area contributed by atoms with Crippen molar-refractivity contribution in [1.82, 2.24) is 14.8 Å². The molecular formula is C23H32N4O4. The van der Waals surface area contributed by atoms with Gasteiger partial charge in [-0.1, -0.05) is 0 Å². The maximum atomic E-state index is 12.9. The number of hydrogen-bond donors (Lipinski definition) is 2. The SMILES string of the molecule is CN(C)C(=O)c1cccnc1N[C@@H]1CCN(C(=O)O[C@H]2C3CC4CC2C[C@](O)(C4)C3)C1. The number of carbonyl (C=O) groups excluding carboxylic acids is 2. The summed E-state index contributed by atoms with van der Waals surface area (Å²) in [5, 5.41) is 14.1. The Morgan fingerprint density at radius 3 is 2.68 bits per heavy atom. The van der Waals surface area contributed by atoms with Gasteiger partial charge in [0.25, 0.3) is 5.91 Å². The number of anilines is 1. The third-order valence-corrected chi connectivity index (χ3v) is 7.62. The molecule has 1 aromatic rings. The van der Waals surface area contributed by atoms with Gasteiger partial charge in [-0.2, -0.15) is 0 Å². The third kappa shape index (κ3) is 3.86. The standard InChI is InChI=1S/C23H32N4O4/c1-26(2)21(28)18-4-3-6-24-20(18)25-17-5-7-27(13-17)22(29)31-19-15-8-14-9-16(19)12-23(30,10-14)11-15/h3-4,6,14-17,19,30H,5,7-13H2,1-2H3,(H,24,25)/t14?,15?,16?,17-,19-,23-/m1/s1. The monoisotopic (exact) mass is 428 g/mol. The molecule has 1 aromatic heterocycles. The Morgan fingerprint density at radius 1 is 1.26 bits per heavy atom. The fourth-order valence-electron chi connectivity index (χ4n) is 6.49. The number of carbonyl (C=O) groups is 2. The van der Waals surface area contributed by atoms with E-state index in [1.807, 2.05) is 0 Å². The molecule has 168 valence electrons. The Balaban J connectivity index is 1.19. The molecule has 4 saturated carbocycles. The topological polar surface area (TPSA) is 95.0 Å². The predicted octanol–water partition coefficient (Wildman–Crippen LogP) is 2.35. The van der Waals surface area contributed by atoms with Crippen molar-refractivity contribution in [3.05, 3.63) is 23.9 Å². The zero-order chi connectivity index (χ0) is 21.8. The van der Waals surface area contributed by atoms with Crippen LogP contribution in [0, 0.1) is 17.8 Å². The molecule has 1 saturated heterocycles. The van der Waals surface area contributed by atoms with E-state index in [-0.39, 0.29) is 24.1 Å². The zero-order valence-corrected chi connectivity index (χ0v) is 18.3. The normalized spacial score (nSPS) is 35.8. The van der Waals surface area contributed by atoms with Crippen LogP contribution in [-0.4, -0.2) is 76.8 Å². The number of hydrogen-bond acceptors (Lipinski definition) is 6. The van der Waals surface area contributed by atoms with Crippen molar-refractivity contribution in [3.8, 4) is 0 Å². The minimum atomic E-state index is -0.521. The lowest BCUT2D eigenvalue weighted by molar-refractivity contribution is -0.177. The molecule has 2 N–H and O–H groups in total. The van der Waals surface area contributed by atoms with E-state index in [2.05, 4.69) is 10.3 Å². The predicted molar refractivity (Wildman–Crippen MR) is 115 cm³/mol. The molecule has 6 rings (SSSR count). The van der Waals surface area contributed by atoms with E-state index >= 15 is 0 Å². The molecule has 1 aliphatic heterocycles. The maximum Gasteiger partial charge on any atom is 0.410 e. The molecule has 0 spiro atoms. The van der Waals surface area contributed by atoms with Crippen molar-refractivity contribution in [3.63, 3.8) is 0 Å². The van der Waals surface area contributed by atoms with Crippen molar-refractivity contribution in [2.75, 3.05) is 32.5 Å². The first kappa shape index (κ1) is 20.5. The van der Waals surface area contributed by atoms with Crippen LogP contribution in [0.25, 0.3) is 0 Å². The van der Waals surface area contributed by atoms with E-state index < -0.39 is 5.60 Å². The fraction of sp³-hybridized carbons (Fsp3) is 0.696. The highest BCUT2D eigenvalue weighted by molar-refractivity contribution is 5.98. The molecule has 2 amide bonds. The molecule has 2 heterocycles. The molecule has 4 aliphatic carbocycles. The van der Waals surface area contributed by atoms with Gasteiger partial charge in [0.05, 0.1) is 11.2 Å². The van der Waals surface area contributed by atoms with Crippen LogP contribution in [0.3, 0.4) is 0 Å². The van der Waals surface area contributed by atoms with Gasteiger partial charge >= 0.3 is 6.09 Å². The van der Waals surface area contributed by atoms with E-state index in [1.165, 1.54) is 4.90 Å². The van der Waals surface area contributed by atoms with Crippen molar-refractivity contribution in [1.29, 1.82) is 0 Å². The summed E-state index contributed by atoms with van der Waals surface area (Å²) in [6, 6.07) is 3.54. The van der Waals surface area contributed by atoms with Gasteiger partial charge in [0, 0.05) is 39.4 Å². The summed E-state index contributed by atoms with van der Waals surface area (Å²) in [5.74, 6) is 1.63. The van der Waals surface area contributed by atoms with Gasteiger partial charge in [0.1, 0.15) is 11.9 Å². The summed E-state index contributed by atoms with van der Waals surface area (Å²) < 4.78 is 6.02. The van der Waals surface area contributed by atoms with Crippen molar-refractivity contribution in [2.24, 2.45) is 17.8 Å². The summed E-state index contributed by atoms with van der Waals surface area (Å²) in [6.07, 6.45) is 6.74. The molecular weight excluding hydrogens is 396 g/mol. The van der Waals surface area contributed by atoms with Crippen LogP contribution in [0.2, 0.25) is 0 Å². The van der Waals surface area contributed by atoms with Gasteiger partial charge in [-0.05, 0) is 68.4 Å². The van der Waals surface area contributed by atoms with Crippen molar-refractivity contribution >= 4 is 17.8 Å². The van der Waals surface area contributed by atoms with Gasteiger partial charge in [0.2, 0.25) is 0 Å². The smallest absolute Gasteiger partial charge is 0.410 e. The van der Waals surface area contributed by atoms with E-state index in [9.17, 15) is 14.7 Å². The fourth-order valence-corrected chi connectivity index (χ4v) is 6.49. The first-order valence-electron chi connectivity index (χ1n) is 11.4. The Morgan fingerprint density at radius 2 is 2.00 bits per heavy atom. The largest absolute Gasteiger partial charge is 0.446 e.